The number of aromatic amines is 1. The van der Waals surface area contributed by atoms with Gasteiger partial charge in [-0.2, -0.15) is 0 Å². The van der Waals surface area contributed by atoms with E-state index in [4.69, 9.17) is 0 Å². The van der Waals surface area contributed by atoms with Crippen molar-refractivity contribution in [3.8, 4) is 0 Å². The van der Waals surface area contributed by atoms with Gasteiger partial charge in [0.25, 0.3) is 0 Å². The third-order valence-electron chi connectivity index (χ3n) is 2.56. The maximum absolute atomic E-state index is 11.0. The van der Waals surface area contributed by atoms with Crippen LogP contribution in [0.15, 0.2) is 51.2 Å². The van der Waals surface area contributed by atoms with Gasteiger partial charge in [0.1, 0.15) is 0 Å². The molecule has 0 fully saturated rings. The summed E-state index contributed by atoms with van der Waals surface area (Å²) in [5.74, 6) is 0. The zero-order valence-electron chi connectivity index (χ0n) is 9.91. The summed E-state index contributed by atoms with van der Waals surface area (Å²) >= 11 is 4.32. The van der Waals surface area contributed by atoms with E-state index in [9.17, 15) is 10.1 Å². The Hall–Kier alpha value is -1.93. The van der Waals surface area contributed by atoms with Crippen molar-refractivity contribution >= 4 is 44.4 Å². The fraction of sp³-hybridized carbons (Fsp3) is 0. The molecule has 0 amide bonds. The molecule has 0 unspecified atom stereocenters. The molecule has 0 aliphatic heterocycles. The minimum absolute atomic E-state index is 0.0511. The van der Waals surface area contributed by atoms with Crippen molar-refractivity contribution in [3.63, 3.8) is 0 Å². The minimum Gasteiger partial charge on any atom is -0.333 e. The van der Waals surface area contributed by atoms with Crippen LogP contribution in [0.3, 0.4) is 0 Å². The molecule has 0 spiro atoms. The smallest absolute Gasteiger partial charge is 0.302 e. The maximum Gasteiger partial charge on any atom is 0.302 e. The van der Waals surface area contributed by atoms with Crippen LogP contribution in [0, 0.1) is 10.1 Å². The number of benzene rings is 1. The van der Waals surface area contributed by atoms with Crippen LogP contribution < -0.4 is 0 Å². The third-order valence-corrected chi connectivity index (χ3v) is 3.88. The molecular weight excluding hydrogens is 344 g/mol. The van der Waals surface area contributed by atoms with Gasteiger partial charge >= 0.3 is 5.69 Å². The largest absolute Gasteiger partial charge is 0.333 e. The summed E-state index contributed by atoms with van der Waals surface area (Å²) in [4.78, 5) is 22.1. The minimum atomic E-state index is -0.456. The number of para-hydroxylation sites is 2. The Balaban J connectivity index is 2.00. The average Bonchev–Trinajstić information content (AvgIpc) is 2.82. The van der Waals surface area contributed by atoms with Gasteiger partial charge in [-0.15, -0.1) is 0 Å². The van der Waals surface area contributed by atoms with E-state index in [2.05, 4.69) is 30.9 Å². The quantitative estimate of drug-likeness (QED) is 0.573. The van der Waals surface area contributed by atoms with Gasteiger partial charge in [0.15, 0.2) is 10.2 Å². The number of nitrogens with one attached hydrogen (secondary N) is 1. The van der Waals surface area contributed by atoms with E-state index < -0.39 is 4.92 Å². The van der Waals surface area contributed by atoms with Crippen molar-refractivity contribution in [2.45, 2.75) is 10.2 Å². The lowest BCUT2D eigenvalue weighted by molar-refractivity contribution is -0.388. The number of nitro groups is 1. The van der Waals surface area contributed by atoms with E-state index in [1.54, 1.807) is 0 Å². The third kappa shape index (κ3) is 2.52. The lowest BCUT2D eigenvalue weighted by Crippen LogP contribution is -1.93. The second-order valence-corrected chi connectivity index (χ2v) is 5.79. The highest BCUT2D eigenvalue weighted by Crippen LogP contribution is 2.33. The van der Waals surface area contributed by atoms with Gasteiger partial charge in [0.05, 0.1) is 16.0 Å². The number of imidazole rings is 1. The summed E-state index contributed by atoms with van der Waals surface area (Å²) in [6.45, 7) is 0. The van der Waals surface area contributed by atoms with Crippen LogP contribution in [-0.4, -0.2) is 19.9 Å². The van der Waals surface area contributed by atoms with Gasteiger partial charge in [0.2, 0.25) is 0 Å². The van der Waals surface area contributed by atoms with Gasteiger partial charge in [-0.25, -0.2) is 9.97 Å². The summed E-state index contributed by atoms with van der Waals surface area (Å²) in [6, 6.07) is 8.99. The van der Waals surface area contributed by atoms with Crippen molar-refractivity contribution in [1.29, 1.82) is 0 Å². The molecule has 0 aliphatic carbocycles. The Kier molecular flexibility index (Phi) is 3.41. The first-order valence-electron chi connectivity index (χ1n) is 5.56. The highest BCUT2D eigenvalue weighted by molar-refractivity contribution is 9.10. The molecule has 1 N–H and O–H groups in total. The Bertz CT molecular complexity index is 772. The van der Waals surface area contributed by atoms with Crippen molar-refractivity contribution in [2.75, 3.05) is 0 Å². The van der Waals surface area contributed by atoms with Gasteiger partial charge in [-0.1, -0.05) is 12.1 Å². The molecule has 0 radical (unpaired) electrons. The van der Waals surface area contributed by atoms with Crippen LogP contribution in [0.5, 0.6) is 0 Å². The van der Waals surface area contributed by atoms with Crippen LogP contribution >= 0.6 is 27.7 Å². The summed E-state index contributed by atoms with van der Waals surface area (Å²) in [6.07, 6.45) is 1.53. The number of halogens is 1. The van der Waals surface area contributed by atoms with E-state index >= 15 is 0 Å². The van der Waals surface area contributed by atoms with Gasteiger partial charge in [0, 0.05) is 16.7 Å². The van der Waals surface area contributed by atoms with Crippen LogP contribution in [0.25, 0.3) is 11.0 Å². The second kappa shape index (κ2) is 5.22. The Morgan fingerprint density at radius 1 is 1.35 bits per heavy atom. The number of hydrogen-bond acceptors (Lipinski definition) is 5. The summed E-state index contributed by atoms with van der Waals surface area (Å²) in [5.41, 5.74) is 1.65. The Morgan fingerprint density at radius 2 is 2.15 bits per heavy atom. The molecule has 3 rings (SSSR count). The fourth-order valence-electron chi connectivity index (χ4n) is 1.69. The molecule has 0 aliphatic rings. The number of nitrogens with zero attached hydrogens (tertiary/aromatic N) is 3. The van der Waals surface area contributed by atoms with Crippen molar-refractivity contribution in [1.82, 2.24) is 15.0 Å². The lowest BCUT2D eigenvalue weighted by Gasteiger charge is -1.99. The fourth-order valence-corrected chi connectivity index (χ4v) is 2.85. The molecule has 8 heteroatoms. The summed E-state index contributed by atoms with van der Waals surface area (Å²) in [7, 11) is 0. The van der Waals surface area contributed by atoms with Crippen molar-refractivity contribution in [3.05, 3.63) is 51.1 Å². The maximum atomic E-state index is 11.0. The van der Waals surface area contributed by atoms with E-state index in [-0.39, 0.29) is 5.69 Å². The molecule has 2 heterocycles. The van der Waals surface area contributed by atoms with Crippen LogP contribution in [0.2, 0.25) is 0 Å². The molecule has 100 valence electrons. The average molecular weight is 351 g/mol. The zero-order valence-corrected chi connectivity index (χ0v) is 12.3. The first kappa shape index (κ1) is 13.1. The van der Waals surface area contributed by atoms with E-state index in [0.29, 0.717) is 14.7 Å². The second-order valence-electron chi connectivity index (χ2n) is 3.90. The first-order valence-corrected chi connectivity index (χ1v) is 7.17. The van der Waals surface area contributed by atoms with Crippen molar-refractivity contribution < 1.29 is 4.92 Å². The highest BCUT2D eigenvalue weighted by Gasteiger charge is 2.18. The van der Waals surface area contributed by atoms with Gasteiger partial charge in [-0.3, -0.25) is 10.1 Å². The number of pyridine rings is 1. The number of rotatable bonds is 3. The van der Waals surface area contributed by atoms with Gasteiger partial charge in [-0.05, 0) is 39.8 Å². The van der Waals surface area contributed by atoms with Crippen LogP contribution in [-0.2, 0) is 0 Å². The van der Waals surface area contributed by atoms with E-state index in [1.807, 2.05) is 24.3 Å². The standard InChI is InChI=1S/C12H7BrN4O2S/c13-7-5-10(17(18)19)11(14-6-7)20-12-15-8-3-1-2-4-9(8)16-12/h1-6H,(H,15,16). The molecule has 0 bridgehead atoms. The number of fused-ring (bicyclic) bond motifs is 1. The Labute approximate surface area is 125 Å². The van der Waals surface area contributed by atoms with Crippen molar-refractivity contribution in [2.24, 2.45) is 0 Å². The molecule has 2 aromatic heterocycles. The zero-order chi connectivity index (χ0) is 14.1. The molecule has 0 saturated carbocycles. The van der Waals surface area contributed by atoms with Crippen LogP contribution in [0.4, 0.5) is 5.69 Å². The first-order chi connectivity index (χ1) is 9.63. The number of H-pyrrole nitrogens is 1. The topological polar surface area (TPSA) is 84.7 Å². The molecular formula is C12H7BrN4O2S. The Morgan fingerprint density at radius 3 is 2.90 bits per heavy atom. The summed E-state index contributed by atoms with van der Waals surface area (Å²) in [5, 5.41) is 11.9. The SMILES string of the molecule is O=[N+]([O-])c1cc(Br)cnc1Sc1nc2ccccc2[nH]1. The number of aromatic nitrogens is 3. The monoisotopic (exact) mass is 350 g/mol. The highest BCUT2D eigenvalue weighted by atomic mass is 79.9. The molecule has 1 aromatic carbocycles. The lowest BCUT2D eigenvalue weighted by atomic mass is 10.3. The van der Waals surface area contributed by atoms with Gasteiger partial charge < -0.3 is 4.98 Å². The molecule has 3 aromatic rings. The molecule has 0 atom stereocenters. The van der Waals surface area contributed by atoms with Crippen LogP contribution in [0.1, 0.15) is 0 Å². The number of hydrogen-bond donors (Lipinski definition) is 1. The van der Waals surface area contributed by atoms with E-state index in [0.717, 1.165) is 22.8 Å². The molecule has 6 nitrogen and oxygen atoms in total. The molecule has 20 heavy (non-hydrogen) atoms. The normalized spacial score (nSPS) is 10.8. The molecule has 0 saturated heterocycles. The predicted molar refractivity (Wildman–Crippen MR) is 78.8 cm³/mol. The predicted octanol–water partition coefficient (Wildman–Crippen LogP) is 3.78. The summed E-state index contributed by atoms with van der Waals surface area (Å²) < 4.78 is 0.568. The van der Waals surface area contributed by atoms with E-state index in [1.165, 1.54) is 12.3 Å².